The maximum absolute atomic E-state index is 3.78. The first-order chi connectivity index (χ1) is 9.99. The summed E-state index contributed by atoms with van der Waals surface area (Å²) in [5.74, 6) is 0.710. The third-order valence-corrected chi connectivity index (χ3v) is 4.91. The highest BCUT2D eigenvalue weighted by Crippen LogP contribution is 2.21. The Balaban J connectivity index is 1.98. The van der Waals surface area contributed by atoms with Crippen LogP contribution in [-0.4, -0.2) is 30.6 Å². The maximum Gasteiger partial charge on any atom is 0.0295 e. The van der Waals surface area contributed by atoms with Gasteiger partial charge in [-0.1, -0.05) is 37.6 Å². The normalized spacial score (nSPS) is 19.1. The highest BCUT2D eigenvalue weighted by atomic mass is 15.2. The van der Waals surface area contributed by atoms with E-state index in [-0.39, 0.29) is 0 Å². The molecule has 0 aromatic heterocycles. The Morgan fingerprint density at radius 2 is 1.76 bits per heavy atom. The summed E-state index contributed by atoms with van der Waals surface area (Å²) in [6.45, 7) is 15.0. The minimum atomic E-state index is 0.425. The van der Waals surface area contributed by atoms with Crippen molar-refractivity contribution in [2.24, 2.45) is 5.92 Å². The smallest absolute Gasteiger partial charge is 0.0295 e. The molecule has 1 aromatic carbocycles. The van der Waals surface area contributed by atoms with Crippen LogP contribution in [0.15, 0.2) is 18.2 Å². The van der Waals surface area contributed by atoms with E-state index in [0.29, 0.717) is 18.0 Å². The molecule has 118 valence electrons. The highest BCUT2D eigenvalue weighted by Gasteiger charge is 2.24. The van der Waals surface area contributed by atoms with E-state index in [2.05, 4.69) is 63.0 Å². The molecule has 2 unspecified atom stereocenters. The third-order valence-electron chi connectivity index (χ3n) is 4.91. The van der Waals surface area contributed by atoms with Gasteiger partial charge in [0.05, 0.1) is 0 Å². The van der Waals surface area contributed by atoms with E-state index in [9.17, 15) is 0 Å². The number of nitrogens with one attached hydrogen (secondary N) is 1. The van der Waals surface area contributed by atoms with Gasteiger partial charge in [-0.3, -0.25) is 4.90 Å². The first-order valence-electron chi connectivity index (χ1n) is 8.53. The van der Waals surface area contributed by atoms with Crippen molar-refractivity contribution < 1.29 is 0 Å². The van der Waals surface area contributed by atoms with Crippen molar-refractivity contribution in [3.05, 3.63) is 34.9 Å². The summed E-state index contributed by atoms with van der Waals surface area (Å²) in [7, 11) is 0. The van der Waals surface area contributed by atoms with Crippen molar-refractivity contribution in [1.29, 1.82) is 0 Å². The summed E-state index contributed by atoms with van der Waals surface area (Å²) in [4.78, 5) is 2.67. The van der Waals surface area contributed by atoms with Gasteiger partial charge in [0.15, 0.2) is 0 Å². The summed E-state index contributed by atoms with van der Waals surface area (Å²) in [5, 5.41) is 3.78. The van der Waals surface area contributed by atoms with Crippen molar-refractivity contribution in [3.8, 4) is 0 Å². The van der Waals surface area contributed by atoms with E-state index in [1.165, 1.54) is 42.6 Å². The molecule has 0 amide bonds. The van der Waals surface area contributed by atoms with Crippen LogP contribution in [0.1, 0.15) is 56.3 Å². The number of nitrogens with zero attached hydrogens (tertiary/aromatic N) is 1. The second-order valence-corrected chi connectivity index (χ2v) is 7.04. The Labute approximate surface area is 130 Å². The zero-order valence-corrected chi connectivity index (χ0v) is 14.4. The molecule has 0 aliphatic carbocycles. The van der Waals surface area contributed by atoms with Crippen molar-refractivity contribution in [3.63, 3.8) is 0 Å². The predicted molar refractivity (Wildman–Crippen MR) is 91.8 cm³/mol. The number of benzene rings is 1. The van der Waals surface area contributed by atoms with Gasteiger partial charge in [-0.25, -0.2) is 0 Å². The number of hydrogen-bond donors (Lipinski definition) is 1. The van der Waals surface area contributed by atoms with Gasteiger partial charge in [0.1, 0.15) is 0 Å². The minimum Gasteiger partial charge on any atom is -0.309 e. The average molecular weight is 288 g/mol. The zero-order valence-electron chi connectivity index (χ0n) is 14.4. The summed E-state index contributed by atoms with van der Waals surface area (Å²) in [6.07, 6.45) is 2.74. The van der Waals surface area contributed by atoms with Gasteiger partial charge in [-0.2, -0.15) is 0 Å². The Morgan fingerprint density at radius 1 is 1.10 bits per heavy atom. The summed E-state index contributed by atoms with van der Waals surface area (Å²) >= 11 is 0. The summed E-state index contributed by atoms with van der Waals surface area (Å²) in [6, 6.07) is 7.86. The van der Waals surface area contributed by atoms with Crippen LogP contribution in [0.25, 0.3) is 0 Å². The molecule has 2 rings (SSSR count). The lowest BCUT2D eigenvalue weighted by Crippen LogP contribution is -2.44. The lowest BCUT2D eigenvalue weighted by molar-refractivity contribution is 0.183. The van der Waals surface area contributed by atoms with Crippen molar-refractivity contribution in [2.75, 3.05) is 19.6 Å². The number of likely N-dealkylation sites (tertiary alicyclic amines) is 1. The fourth-order valence-corrected chi connectivity index (χ4v) is 3.49. The van der Waals surface area contributed by atoms with E-state index >= 15 is 0 Å². The molecule has 2 nitrogen and oxygen atoms in total. The first-order valence-corrected chi connectivity index (χ1v) is 8.53. The molecule has 0 radical (unpaired) electrons. The third kappa shape index (κ3) is 4.31. The molecule has 1 saturated heterocycles. The molecular weight excluding hydrogens is 256 g/mol. The molecule has 1 aliphatic heterocycles. The van der Waals surface area contributed by atoms with Gasteiger partial charge in [0, 0.05) is 18.6 Å². The standard InChI is InChI=1S/C19H32N2/c1-14(2)19(21-10-6-7-11-21)13-20-17(5)18-12-15(3)8-9-16(18)4/h8-9,12,14,17,19-20H,6-7,10-11,13H2,1-5H3. The van der Waals surface area contributed by atoms with Crippen LogP contribution in [0.5, 0.6) is 0 Å². The van der Waals surface area contributed by atoms with E-state index in [1.807, 2.05) is 0 Å². The molecule has 2 heteroatoms. The van der Waals surface area contributed by atoms with Crippen LogP contribution in [-0.2, 0) is 0 Å². The lowest BCUT2D eigenvalue weighted by atomic mass is 9.98. The van der Waals surface area contributed by atoms with E-state index < -0.39 is 0 Å². The zero-order chi connectivity index (χ0) is 15.4. The Bertz CT molecular complexity index is 447. The van der Waals surface area contributed by atoms with Crippen LogP contribution in [0, 0.1) is 19.8 Å². The van der Waals surface area contributed by atoms with E-state index in [4.69, 9.17) is 0 Å². The largest absolute Gasteiger partial charge is 0.309 e. The Morgan fingerprint density at radius 3 is 2.38 bits per heavy atom. The SMILES string of the molecule is Cc1ccc(C)c(C(C)NCC(C(C)C)N2CCCC2)c1. The van der Waals surface area contributed by atoms with Crippen molar-refractivity contribution in [1.82, 2.24) is 10.2 Å². The molecule has 1 aromatic rings. The van der Waals surface area contributed by atoms with Gasteiger partial charge in [-0.15, -0.1) is 0 Å². The molecule has 0 spiro atoms. The van der Waals surface area contributed by atoms with Crippen molar-refractivity contribution >= 4 is 0 Å². The Kier molecular flexibility index (Phi) is 5.83. The average Bonchev–Trinajstić information content (AvgIpc) is 2.95. The number of aryl methyl sites for hydroxylation is 2. The van der Waals surface area contributed by atoms with Gasteiger partial charge >= 0.3 is 0 Å². The van der Waals surface area contributed by atoms with Crippen LogP contribution >= 0.6 is 0 Å². The highest BCUT2D eigenvalue weighted by molar-refractivity contribution is 5.32. The molecule has 1 N–H and O–H groups in total. The number of hydrogen-bond acceptors (Lipinski definition) is 2. The predicted octanol–water partition coefficient (Wildman–Crippen LogP) is 4.07. The van der Waals surface area contributed by atoms with Crippen LogP contribution in [0.3, 0.4) is 0 Å². The van der Waals surface area contributed by atoms with Gasteiger partial charge in [-0.05, 0) is 63.7 Å². The van der Waals surface area contributed by atoms with Gasteiger partial charge in [0.25, 0.3) is 0 Å². The maximum atomic E-state index is 3.78. The van der Waals surface area contributed by atoms with E-state index in [0.717, 1.165) is 6.54 Å². The fraction of sp³-hybridized carbons (Fsp3) is 0.684. The minimum absolute atomic E-state index is 0.425. The monoisotopic (exact) mass is 288 g/mol. The molecule has 1 heterocycles. The molecule has 2 atom stereocenters. The summed E-state index contributed by atoms with van der Waals surface area (Å²) in [5.41, 5.74) is 4.19. The lowest BCUT2D eigenvalue weighted by Gasteiger charge is -2.32. The molecule has 0 saturated carbocycles. The summed E-state index contributed by atoms with van der Waals surface area (Å²) < 4.78 is 0. The Hall–Kier alpha value is -0.860. The molecule has 1 aliphatic rings. The van der Waals surface area contributed by atoms with E-state index in [1.54, 1.807) is 0 Å². The van der Waals surface area contributed by atoms with Crippen LogP contribution in [0.2, 0.25) is 0 Å². The molecule has 0 bridgehead atoms. The van der Waals surface area contributed by atoms with Gasteiger partial charge in [0.2, 0.25) is 0 Å². The number of rotatable bonds is 6. The van der Waals surface area contributed by atoms with Crippen LogP contribution in [0.4, 0.5) is 0 Å². The second kappa shape index (κ2) is 7.42. The van der Waals surface area contributed by atoms with Crippen LogP contribution < -0.4 is 5.32 Å². The quantitative estimate of drug-likeness (QED) is 0.848. The van der Waals surface area contributed by atoms with Gasteiger partial charge < -0.3 is 5.32 Å². The second-order valence-electron chi connectivity index (χ2n) is 7.04. The molecule has 21 heavy (non-hydrogen) atoms. The van der Waals surface area contributed by atoms with Crippen molar-refractivity contribution in [2.45, 2.75) is 59.5 Å². The molecular formula is C19H32N2. The first kappa shape index (κ1) is 16.5. The molecule has 1 fully saturated rings. The topological polar surface area (TPSA) is 15.3 Å². The fourth-order valence-electron chi connectivity index (χ4n) is 3.49.